The predicted molar refractivity (Wildman–Crippen MR) is 101 cm³/mol. The maximum absolute atomic E-state index is 11.8. The van der Waals surface area contributed by atoms with Gasteiger partial charge in [0.25, 0.3) is 0 Å². The van der Waals surface area contributed by atoms with Gasteiger partial charge in [-0.2, -0.15) is 0 Å². The van der Waals surface area contributed by atoms with E-state index < -0.39 is 0 Å². The predicted octanol–water partition coefficient (Wildman–Crippen LogP) is 6.98. The molecule has 0 aliphatic heterocycles. The van der Waals surface area contributed by atoms with E-state index in [1.54, 1.807) is 0 Å². The molecule has 0 saturated carbocycles. The van der Waals surface area contributed by atoms with E-state index >= 15 is 0 Å². The van der Waals surface area contributed by atoms with Gasteiger partial charge >= 0.3 is 5.97 Å². The lowest BCUT2D eigenvalue weighted by Crippen LogP contribution is -2.08. The molecule has 0 saturated heterocycles. The molecule has 0 aromatic heterocycles. The summed E-state index contributed by atoms with van der Waals surface area (Å²) in [7, 11) is 0. The number of esters is 1. The minimum atomic E-state index is -0.179. The van der Waals surface area contributed by atoms with Gasteiger partial charge < -0.3 is 4.74 Å². The molecule has 136 valence electrons. The average Bonchev–Trinajstić information content (AvgIpc) is 2.56. The second-order valence-electron chi connectivity index (χ2n) is 6.73. The fourth-order valence-electron chi connectivity index (χ4n) is 2.72. The van der Waals surface area contributed by atoms with Gasteiger partial charge in [0.1, 0.15) is 0 Å². The van der Waals surface area contributed by atoms with Crippen LogP contribution in [-0.4, -0.2) is 12.6 Å². The Kier molecular flexibility index (Phi) is 17.0. The fourth-order valence-corrected chi connectivity index (χ4v) is 2.72. The standard InChI is InChI=1S/C21H40O2/c1-4-6-8-10-12-13-15-17-19-23-21(22)20(3)18-16-14-11-9-7-5-2/h3-19H2,1-2H3. The Balaban J connectivity index is 3.35. The second kappa shape index (κ2) is 17.6. The zero-order valence-electron chi connectivity index (χ0n) is 15.8. The maximum atomic E-state index is 11.8. The van der Waals surface area contributed by atoms with Crippen molar-refractivity contribution in [3.63, 3.8) is 0 Å². The van der Waals surface area contributed by atoms with Crippen LogP contribution in [0.3, 0.4) is 0 Å². The molecule has 0 aromatic carbocycles. The van der Waals surface area contributed by atoms with E-state index in [9.17, 15) is 4.79 Å². The Morgan fingerprint density at radius 2 is 1.13 bits per heavy atom. The van der Waals surface area contributed by atoms with Crippen molar-refractivity contribution in [2.24, 2.45) is 0 Å². The van der Waals surface area contributed by atoms with Crippen LogP contribution in [0.15, 0.2) is 12.2 Å². The molecule has 0 heterocycles. The molecule has 2 nitrogen and oxygen atoms in total. The minimum absolute atomic E-state index is 0.179. The zero-order valence-corrected chi connectivity index (χ0v) is 15.8. The summed E-state index contributed by atoms with van der Waals surface area (Å²) < 4.78 is 5.31. The van der Waals surface area contributed by atoms with Gasteiger partial charge in [-0.1, -0.05) is 97.5 Å². The SMILES string of the molecule is C=C(CCCCCCCC)C(=O)OCCCCCCCCCC. The summed E-state index contributed by atoms with van der Waals surface area (Å²) in [5.41, 5.74) is 0.653. The van der Waals surface area contributed by atoms with E-state index in [0.29, 0.717) is 12.2 Å². The van der Waals surface area contributed by atoms with Crippen LogP contribution >= 0.6 is 0 Å². The van der Waals surface area contributed by atoms with Crippen molar-refractivity contribution >= 4 is 5.97 Å². The van der Waals surface area contributed by atoms with Crippen LogP contribution in [0.1, 0.15) is 110 Å². The molecule has 0 aromatic rings. The monoisotopic (exact) mass is 324 g/mol. The lowest BCUT2D eigenvalue weighted by atomic mass is 10.1. The molecule has 0 amide bonds. The first-order valence-corrected chi connectivity index (χ1v) is 10.1. The third kappa shape index (κ3) is 15.9. The van der Waals surface area contributed by atoms with Crippen LogP contribution in [0.4, 0.5) is 0 Å². The van der Waals surface area contributed by atoms with Crippen LogP contribution in [-0.2, 0) is 9.53 Å². The molecule has 0 spiro atoms. The Hall–Kier alpha value is -0.790. The van der Waals surface area contributed by atoms with E-state index in [2.05, 4.69) is 20.4 Å². The molecule has 0 bridgehead atoms. The second-order valence-corrected chi connectivity index (χ2v) is 6.73. The number of ether oxygens (including phenoxy) is 1. The molecule has 0 radical (unpaired) electrons. The molecule has 0 fully saturated rings. The highest BCUT2D eigenvalue weighted by Gasteiger charge is 2.07. The third-order valence-electron chi connectivity index (χ3n) is 4.35. The van der Waals surface area contributed by atoms with Crippen molar-refractivity contribution in [2.75, 3.05) is 6.61 Å². The summed E-state index contributed by atoms with van der Waals surface area (Å²) in [6, 6.07) is 0. The number of rotatable bonds is 17. The molecule has 0 aliphatic rings. The summed E-state index contributed by atoms with van der Waals surface area (Å²) >= 11 is 0. The van der Waals surface area contributed by atoms with E-state index in [-0.39, 0.29) is 5.97 Å². The quantitative estimate of drug-likeness (QED) is 0.164. The van der Waals surface area contributed by atoms with Crippen LogP contribution in [0.25, 0.3) is 0 Å². The van der Waals surface area contributed by atoms with E-state index in [1.807, 2.05) is 0 Å². The van der Waals surface area contributed by atoms with E-state index in [4.69, 9.17) is 4.74 Å². The van der Waals surface area contributed by atoms with Crippen molar-refractivity contribution in [3.8, 4) is 0 Å². The van der Waals surface area contributed by atoms with Gasteiger partial charge in [0.2, 0.25) is 0 Å². The van der Waals surface area contributed by atoms with E-state index in [0.717, 1.165) is 19.3 Å². The summed E-state index contributed by atoms with van der Waals surface area (Å²) in [6.45, 7) is 8.90. The zero-order chi connectivity index (χ0) is 17.2. The molecule has 2 heteroatoms. The van der Waals surface area contributed by atoms with Crippen molar-refractivity contribution in [2.45, 2.75) is 110 Å². The first-order chi connectivity index (χ1) is 11.2. The molecule has 0 unspecified atom stereocenters. The normalized spacial score (nSPS) is 10.7. The van der Waals surface area contributed by atoms with Gasteiger partial charge in [-0.15, -0.1) is 0 Å². The molecular formula is C21H40O2. The first-order valence-electron chi connectivity index (χ1n) is 10.1. The maximum Gasteiger partial charge on any atom is 0.333 e. The van der Waals surface area contributed by atoms with Gasteiger partial charge in [0.05, 0.1) is 6.61 Å². The van der Waals surface area contributed by atoms with Crippen molar-refractivity contribution in [1.82, 2.24) is 0 Å². The van der Waals surface area contributed by atoms with Crippen LogP contribution in [0.2, 0.25) is 0 Å². The minimum Gasteiger partial charge on any atom is -0.462 e. The van der Waals surface area contributed by atoms with Gasteiger partial charge in [-0.25, -0.2) is 4.79 Å². The van der Waals surface area contributed by atoms with Gasteiger partial charge in [0, 0.05) is 5.57 Å². The highest BCUT2D eigenvalue weighted by molar-refractivity contribution is 5.87. The number of hydrogen-bond donors (Lipinski definition) is 0. The topological polar surface area (TPSA) is 26.3 Å². The van der Waals surface area contributed by atoms with Crippen molar-refractivity contribution in [1.29, 1.82) is 0 Å². The molecule has 0 aliphatic carbocycles. The van der Waals surface area contributed by atoms with E-state index in [1.165, 1.54) is 77.0 Å². The summed E-state index contributed by atoms with van der Waals surface area (Å²) in [6.07, 6.45) is 18.4. The first kappa shape index (κ1) is 22.2. The Morgan fingerprint density at radius 1 is 0.696 bits per heavy atom. The fraction of sp³-hybridized carbons (Fsp3) is 0.857. The number of unbranched alkanes of at least 4 members (excludes halogenated alkanes) is 12. The van der Waals surface area contributed by atoms with Crippen LogP contribution in [0.5, 0.6) is 0 Å². The summed E-state index contributed by atoms with van der Waals surface area (Å²) in [5, 5.41) is 0. The molecule has 0 rings (SSSR count). The Morgan fingerprint density at radius 3 is 1.65 bits per heavy atom. The number of carbonyl (C=O) groups is 1. The summed E-state index contributed by atoms with van der Waals surface area (Å²) in [5.74, 6) is -0.179. The highest BCUT2D eigenvalue weighted by atomic mass is 16.5. The van der Waals surface area contributed by atoms with Crippen LogP contribution in [0, 0.1) is 0 Å². The van der Waals surface area contributed by atoms with Gasteiger partial charge in [0.15, 0.2) is 0 Å². The Bertz CT molecular complexity index is 284. The van der Waals surface area contributed by atoms with Crippen LogP contribution < -0.4 is 0 Å². The van der Waals surface area contributed by atoms with Gasteiger partial charge in [-0.3, -0.25) is 0 Å². The van der Waals surface area contributed by atoms with Gasteiger partial charge in [-0.05, 0) is 19.3 Å². The Labute approximate surface area is 145 Å². The lowest BCUT2D eigenvalue weighted by Gasteiger charge is -2.07. The molecule has 23 heavy (non-hydrogen) atoms. The largest absolute Gasteiger partial charge is 0.462 e. The third-order valence-corrected chi connectivity index (χ3v) is 4.35. The lowest BCUT2D eigenvalue weighted by molar-refractivity contribution is -0.139. The molecular weight excluding hydrogens is 284 g/mol. The highest BCUT2D eigenvalue weighted by Crippen LogP contribution is 2.12. The molecule has 0 N–H and O–H groups in total. The van der Waals surface area contributed by atoms with Crippen molar-refractivity contribution in [3.05, 3.63) is 12.2 Å². The number of carbonyl (C=O) groups excluding carboxylic acids is 1. The summed E-state index contributed by atoms with van der Waals surface area (Å²) in [4.78, 5) is 11.8. The molecule has 0 atom stereocenters. The van der Waals surface area contributed by atoms with Crippen molar-refractivity contribution < 1.29 is 9.53 Å². The number of hydrogen-bond acceptors (Lipinski definition) is 2. The average molecular weight is 325 g/mol. The smallest absolute Gasteiger partial charge is 0.333 e.